The Kier molecular flexibility index (Phi) is 6.53. The largest absolute Gasteiger partial charge is 0.392 e. The third kappa shape index (κ3) is 5.69. The van der Waals surface area contributed by atoms with E-state index >= 15 is 0 Å². The van der Waals surface area contributed by atoms with Crippen LogP contribution < -0.4 is 0 Å². The SMILES string of the molecule is OCc1ccccc1.c1ccc(N=Nc2ccccc2)cc1. The molecule has 3 heteroatoms. The van der Waals surface area contributed by atoms with Crippen LogP contribution in [0.3, 0.4) is 0 Å². The van der Waals surface area contributed by atoms with Crippen molar-refractivity contribution in [3.05, 3.63) is 96.6 Å². The molecule has 0 bridgehead atoms. The summed E-state index contributed by atoms with van der Waals surface area (Å²) in [7, 11) is 0. The van der Waals surface area contributed by atoms with E-state index in [1.165, 1.54) is 0 Å². The molecule has 3 aromatic rings. The van der Waals surface area contributed by atoms with E-state index in [2.05, 4.69) is 10.2 Å². The molecule has 0 aliphatic carbocycles. The average Bonchev–Trinajstić information content (AvgIpc) is 2.63. The van der Waals surface area contributed by atoms with Crippen molar-refractivity contribution in [1.82, 2.24) is 0 Å². The minimum absolute atomic E-state index is 0.140. The first-order valence-corrected chi connectivity index (χ1v) is 7.05. The molecule has 0 amide bonds. The molecule has 1 N–H and O–H groups in total. The minimum atomic E-state index is 0.140. The van der Waals surface area contributed by atoms with Gasteiger partial charge in [0, 0.05) is 0 Å². The lowest BCUT2D eigenvalue weighted by atomic mass is 10.2. The number of hydrogen-bond acceptors (Lipinski definition) is 3. The molecule has 0 saturated carbocycles. The summed E-state index contributed by atoms with van der Waals surface area (Å²) in [6, 6.07) is 28.9. The maximum atomic E-state index is 8.54. The van der Waals surface area contributed by atoms with Gasteiger partial charge in [-0.1, -0.05) is 66.7 Å². The van der Waals surface area contributed by atoms with E-state index in [4.69, 9.17) is 5.11 Å². The maximum absolute atomic E-state index is 8.54. The zero-order valence-corrected chi connectivity index (χ0v) is 12.2. The Hall–Kier alpha value is -2.78. The second-order valence-electron chi connectivity index (χ2n) is 4.51. The van der Waals surface area contributed by atoms with E-state index in [1.807, 2.05) is 91.0 Å². The van der Waals surface area contributed by atoms with Crippen LogP contribution in [0.5, 0.6) is 0 Å². The standard InChI is InChI=1S/C12H10N2.C7H8O/c1-3-7-11(8-4-1)13-14-12-9-5-2-6-10-12;8-6-7-4-2-1-3-5-7/h1-10H;1-5,8H,6H2. The third-order valence-corrected chi connectivity index (χ3v) is 2.82. The fourth-order valence-corrected chi connectivity index (χ4v) is 1.69. The Bertz CT molecular complexity index is 626. The van der Waals surface area contributed by atoms with E-state index in [1.54, 1.807) is 0 Å². The number of rotatable bonds is 3. The van der Waals surface area contributed by atoms with Crippen molar-refractivity contribution in [2.24, 2.45) is 10.2 Å². The average molecular weight is 290 g/mol. The van der Waals surface area contributed by atoms with Crippen LogP contribution in [-0.4, -0.2) is 5.11 Å². The van der Waals surface area contributed by atoms with Crippen molar-refractivity contribution in [1.29, 1.82) is 0 Å². The Morgan fingerprint density at radius 1 is 0.545 bits per heavy atom. The van der Waals surface area contributed by atoms with Crippen molar-refractivity contribution < 1.29 is 5.11 Å². The van der Waals surface area contributed by atoms with Crippen molar-refractivity contribution in [3.63, 3.8) is 0 Å². The summed E-state index contributed by atoms with van der Waals surface area (Å²) in [6.45, 7) is 0.140. The molecular formula is C19H18N2O. The number of azo groups is 1. The van der Waals surface area contributed by atoms with Crippen LogP contribution in [0.1, 0.15) is 5.56 Å². The molecule has 3 aromatic carbocycles. The Labute approximate surface area is 130 Å². The lowest BCUT2D eigenvalue weighted by molar-refractivity contribution is 0.282. The van der Waals surface area contributed by atoms with Gasteiger partial charge in [0.2, 0.25) is 0 Å². The molecule has 0 unspecified atom stereocenters. The van der Waals surface area contributed by atoms with E-state index < -0.39 is 0 Å². The predicted octanol–water partition coefficient (Wildman–Crippen LogP) is 5.28. The predicted molar refractivity (Wildman–Crippen MR) is 89.4 cm³/mol. The van der Waals surface area contributed by atoms with Crippen LogP contribution in [0.15, 0.2) is 101 Å². The third-order valence-electron chi connectivity index (χ3n) is 2.82. The van der Waals surface area contributed by atoms with Gasteiger partial charge in [0.1, 0.15) is 0 Å². The fraction of sp³-hybridized carbons (Fsp3) is 0.0526. The number of benzene rings is 3. The molecule has 0 aliphatic heterocycles. The number of aliphatic hydroxyl groups is 1. The summed E-state index contributed by atoms with van der Waals surface area (Å²) < 4.78 is 0. The van der Waals surface area contributed by atoms with Gasteiger partial charge in [0.25, 0.3) is 0 Å². The van der Waals surface area contributed by atoms with Gasteiger partial charge in [-0.3, -0.25) is 0 Å². The first-order chi connectivity index (χ1) is 10.9. The summed E-state index contributed by atoms with van der Waals surface area (Å²) in [5, 5.41) is 16.7. The highest BCUT2D eigenvalue weighted by Crippen LogP contribution is 2.16. The lowest BCUT2D eigenvalue weighted by Gasteiger charge is -1.91. The molecule has 0 fully saturated rings. The Morgan fingerprint density at radius 3 is 1.23 bits per heavy atom. The molecule has 0 radical (unpaired) electrons. The number of aliphatic hydroxyl groups excluding tert-OH is 1. The number of hydrogen-bond donors (Lipinski definition) is 1. The molecule has 22 heavy (non-hydrogen) atoms. The smallest absolute Gasteiger partial charge is 0.0857 e. The summed E-state index contributed by atoms with van der Waals surface area (Å²) in [5.41, 5.74) is 2.71. The highest BCUT2D eigenvalue weighted by molar-refractivity contribution is 5.39. The molecule has 0 saturated heterocycles. The van der Waals surface area contributed by atoms with Gasteiger partial charge in [-0.25, -0.2) is 0 Å². The van der Waals surface area contributed by atoms with Gasteiger partial charge in [-0.2, -0.15) is 10.2 Å². The maximum Gasteiger partial charge on any atom is 0.0857 e. The first-order valence-electron chi connectivity index (χ1n) is 7.05. The Balaban J connectivity index is 0.000000188. The normalized spacial score (nSPS) is 10.0. The molecule has 0 atom stereocenters. The summed E-state index contributed by atoms with van der Waals surface area (Å²) in [4.78, 5) is 0. The zero-order valence-electron chi connectivity index (χ0n) is 12.2. The van der Waals surface area contributed by atoms with Gasteiger partial charge in [-0.15, -0.1) is 0 Å². The van der Waals surface area contributed by atoms with Crippen molar-refractivity contribution >= 4 is 11.4 Å². The molecule has 3 nitrogen and oxygen atoms in total. The highest BCUT2D eigenvalue weighted by Gasteiger charge is 1.86. The highest BCUT2D eigenvalue weighted by atomic mass is 16.3. The monoisotopic (exact) mass is 290 g/mol. The van der Waals surface area contributed by atoms with Crippen molar-refractivity contribution in [2.45, 2.75) is 6.61 Å². The van der Waals surface area contributed by atoms with Crippen LogP contribution in [0.25, 0.3) is 0 Å². The molecule has 0 aliphatic rings. The van der Waals surface area contributed by atoms with Crippen molar-refractivity contribution in [2.75, 3.05) is 0 Å². The Morgan fingerprint density at radius 2 is 0.909 bits per heavy atom. The lowest BCUT2D eigenvalue weighted by Crippen LogP contribution is -1.77. The first kappa shape index (κ1) is 15.6. The van der Waals surface area contributed by atoms with Gasteiger partial charge in [0.15, 0.2) is 0 Å². The van der Waals surface area contributed by atoms with Gasteiger partial charge in [0.05, 0.1) is 18.0 Å². The zero-order chi connectivity index (χ0) is 15.5. The van der Waals surface area contributed by atoms with Gasteiger partial charge in [-0.05, 0) is 29.8 Å². The molecule has 0 aromatic heterocycles. The van der Waals surface area contributed by atoms with Gasteiger partial charge < -0.3 is 5.11 Å². The van der Waals surface area contributed by atoms with E-state index in [0.717, 1.165) is 16.9 Å². The topological polar surface area (TPSA) is 45.0 Å². The van der Waals surface area contributed by atoms with E-state index in [-0.39, 0.29) is 6.61 Å². The van der Waals surface area contributed by atoms with Crippen molar-refractivity contribution in [3.8, 4) is 0 Å². The second kappa shape index (κ2) is 9.21. The van der Waals surface area contributed by atoms with Crippen LogP contribution in [0, 0.1) is 0 Å². The summed E-state index contributed by atoms with van der Waals surface area (Å²) in [6.07, 6.45) is 0. The summed E-state index contributed by atoms with van der Waals surface area (Å²) >= 11 is 0. The molecule has 3 rings (SSSR count). The molecule has 0 spiro atoms. The van der Waals surface area contributed by atoms with Crippen LogP contribution >= 0.6 is 0 Å². The minimum Gasteiger partial charge on any atom is -0.392 e. The summed E-state index contributed by atoms with van der Waals surface area (Å²) in [5.74, 6) is 0. The van der Waals surface area contributed by atoms with Crippen LogP contribution in [0.2, 0.25) is 0 Å². The van der Waals surface area contributed by atoms with Crippen LogP contribution in [0.4, 0.5) is 11.4 Å². The molecular weight excluding hydrogens is 272 g/mol. The molecule has 0 heterocycles. The second-order valence-corrected chi connectivity index (χ2v) is 4.51. The molecule has 110 valence electrons. The van der Waals surface area contributed by atoms with Gasteiger partial charge >= 0.3 is 0 Å². The number of nitrogens with zero attached hydrogens (tertiary/aromatic N) is 2. The van der Waals surface area contributed by atoms with Crippen LogP contribution in [-0.2, 0) is 6.61 Å². The fourth-order valence-electron chi connectivity index (χ4n) is 1.69. The quantitative estimate of drug-likeness (QED) is 0.655. The van der Waals surface area contributed by atoms with E-state index in [0.29, 0.717) is 0 Å². The van der Waals surface area contributed by atoms with E-state index in [9.17, 15) is 0 Å².